The molecule has 5 nitrogen and oxygen atoms in total. The highest BCUT2D eigenvalue weighted by Crippen LogP contribution is 2.18. The van der Waals surface area contributed by atoms with Gasteiger partial charge < -0.3 is 10.6 Å². The van der Waals surface area contributed by atoms with Crippen molar-refractivity contribution in [1.29, 1.82) is 0 Å². The van der Waals surface area contributed by atoms with Gasteiger partial charge in [-0.15, -0.1) is 0 Å². The lowest BCUT2D eigenvalue weighted by atomic mass is 10.1. The van der Waals surface area contributed by atoms with Crippen LogP contribution in [0.15, 0.2) is 42.5 Å². The van der Waals surface area contributed by atoms with Gasteiger partial charge in [0.25, 0.3) is 0 Å². The normalized spacial score (nSPS) is 10.0. The van der Waals surface area contributed by atoms with Crippen molar-refractivity contribution in [3.63, 3.8) is 0 Å². The topological polar surface area (TPSA) is 75.3 Å². The third-order valence-corrected chi connectivity index (χ3v) is 3.61. The molecule has 0 aromatic heterocycles. The molecule has 2 rings (SSSR count). The number of benzene rings is 2. The predicted molar refractivity (Wildman–Crippen MR) is 89.6 cm³/mol. The minimum Gasteiger partial charge on any atom is -0.318 e. The molecule has 0 aliphatic rings. The number of nitrogens with one attached hydrogen (secondary N) is 2. The molecular formula is C18H18N2O3. The lowest BCUT2D eigenvalue weighted by Crippen LogP contribution is -2.29. The standard InChI is InChI=1S/C18H18N2O3/c1-11-5-4-6-16(12(11)2)20-18(23)17(22)19-15-9-7-14(8-10-15)13(3)21/h4-10H,1-3H3,(H,19,22)(H,20,23). The van der Waals surface area contributed by atoms with Gasteiger partial charge in [-0.1, -0.05) is 12.1 Å². The molecule has 0 aliphatic heterocycles. The van der Waals surface area contributed by atoms with Crippen LogP contribution in [-0.4, -0.2) is 17.6 Å². The Morgan fingerprint density at radius 1 is 0.826 bits per heavy atom. The van der Waals surface area contributed by atoms with Crippen molar-refractivity contribution in [2.75, 3.05) is 10.6 Å². The van der Waals surface area contributed by atoms with Crippen LogP contribution in [0.25, 0.3) is 0 Å². The molecule has 0 atom stereocenters. The van der Waals surface area contributed by atoms with E-state index in [0.717, 1.165) is 11.1 Å². The van der Waals surface area contributed by atoms with Crippen LogP contribution in [-0.2, 0) is 9.59 Å². The van der Waals surface area contributed by atoms with Gasteiger partial charge in [0, 0.05) is 16.9 Å². The molecule has 5 heteroatoms. The number of carbonyl (C=O) groups excluding carboxylic acids is 3. The molecule has 2 aromatic rings. The van der Waals surface area contributed by atoms with Crippen LogP contribution in [0.3, 0.4) is 0 Å². The highest BCUT2D eigenvalue weighted by Gasteiger charge is 2.15. The number of aryl methyl sites for hydroxylation is 1. The van der Waals surface area contributed by atoms with Crippen molar-refractivity contribution in [3.05, 3.63) is 59.2 Å². The van der Waals surface area contributed by atoms with Gasteiger partial charge in [0.2, 0.25) is 0 Å². The van der Waals surface area contributed by atoms with Crippen LogP contribution in [0.5, 0.6) is 0 Å². The zero-order valence-electron chi connectivity index (χ0n) is 13.3. The van der Waals surface area contributed by atoms with E-state index in [1.165, 1.54) is 6.92 Å². The molecule has 0 unspecified atom stereocenters. The van der Waals surface area contributed by atoms with Gasteiger partial charge in [0.15, 0.2) is 5.78 Å². The summed E-state index contributed by atoms with van der Waals surface area (Å²) >= 11 is 0. The van der Waals surface area contributed by atoms with Crippen LogP contribution in [0.2, 0.25) is 0 Å². The Morgan fingerprint density at radius 2 is 1.43 bits per heavy atom. The van der Waals surface area contributed by atoms with Gasteiger partial charge in [-0.05, 0) is 62.2 Å². The molecule has 0 bridgehead atoms. The lowest BCUT2D eigenvalue weighted by molar-refractivity contribution is -0.133. The molecule has 0 saturated heterocycles. The molecule has 2 N–H and O–H groups in total. The first-order valence-corrected chi connectivity index (χ1v) is 7.18. The number of anilines is 2. The third kappa shape index (κ3) is 4.03. The highest BCUT2D eigenvalue weighted by molar-refractivity contribution is 6.43. The zero-order chi connectivity index (χ0) is 17.0. The number of hydrogen-bond donors (Lipinski definition) is 2. The maximum Gasteiger partial charge on any atom is 0.314 e. The van der Waals surface area contributed by atoms with E-state index in [1.54, 1.807) is 30.3 Å². The molecule has 0 radical (unpaired) electrons. The summed E-state index contributed by atoms with van der Waals surface area (Å²) in [7, 11) is 0. The Kier molecular flexibility index (Phi) is 4.91. The summed E-state index contributed by atoms with van der Waals surface area (Å²) in [5, 5.41) is 5.10. The maximum absolute atomic E-state index is 12.0. The fourth-order valence-electron chi connectivity index (χ4n) is 2.04. The van der Waals surface area contributed by atoms with Gasteiger partial charge in [0.1, 0.15) is 0 Å². The fourth-order valence-corrected chi connectivity index (χ4v) is 2.04. The number of rotatable bonds is 3. The first-order valence-electron chi connectivity index (χ1n) is 7.18. The van der Waals surface area contributed by atoms with E-state index >= 15 is 0 Å². The monoisotopic (exact) mass is 310 g/mol. The van der Waals surface area contributed by atoms with Gasteiger partial charge in [0.05, 0.1) is 0 Å². The van der Waals surface area contributed by atoms with Crippen molar-refractivity contribution >= 4 is 29.0 Å². The fraction of sp³-hybridized carbons (Fsp3) is 0.167. The van der Waals surface area contributed by atoms with Crippen LogP contribution < -0.4 is 10.6 Å². The van der Waals surface area contributed by atoms with Crippen molar-refractivity contribution in [3.8, 4) is 0 Å². The van der Waals surface area contributed by atoms with Crippen molar-refractivity contribution in [1.82, 2.24) is 0 Å². The van der Waals surface area contributed by atoms with E-state index < -0.39 is 11.8 Å². The second kappa shape index (κ2) is 6.87. The summed E-state index contributed by atoms with van der Waals surface area (Å²) in [6.45, 7) is 5.27. The van der Waals surface area contributed by atoms with Crippen LogP contribution >= 0.6 is 0 Å². The van der Waals surface area contributed by atoms with E-state index in [1.807, 2.05) is 26.0 Å². The number of hydrogen-bond acceptors (Lipinski definition) is 3. The molecule has 0 fully saturated rings. The van der Waals surface area contributed by atoms with Gasteiger partial charge in [-0.25, -0.2) is 0 Å². The van der Waals surface area contributed by atoms with Crippen LogP contribution in [0.4, 0.5) is 11.4 Å². The quantitative estimate of drug-likeness (QED) is 0.675. The Hall–Kier alpha value is -2.95. The largest absolute Gasteiger partial charge is 0.318 e. The third-order valence-electron chi connectivity index (χ3n) is 3.61. The van der Waals surface area contributed by atoms with Crippen LogP contribution in [0.1, 0.15) is 28.4 Å². The summed E-state index contributed by atoms with van der Waals surface area (Å²) in [6.07, 6.45) is 0. The summed E-state index contributed by atoms with van der Waals surface area (Å²) in [4.78, 5) is 35.1. The van der Waals surface area contributed by atoms with E-state index in [4.69, 9.17) is 0 Å². The number of ketones is 1. The Morgan fingerprint density at radius 3 is 2.04 bits per heavy atom. The average Bonchev–Trinajstić information content (AvgIpc) is 2.52. The summed E-state index contributed by atoms with van der Waals surface area (Å²) in [5.41, 5.74) is 3.55. The lowest BCUT2D eigenvalue weighted by Gasteiger charge is -2.10. The molecule has 0 saturated carbocycles. The van der Waals surface area contributed by atoms with Gasteiger partial charge in [-0.3, -0.25) is 14.4 Å². The second-order valence-corrected chi connectivity index (χ2v) is 5.29. The average molecular weight is 310 g/mol. The van der Waals surface area contributed by atoms with E-state index in [-0.39, 0.29) is 5.78 Å². The first-order chi connectivity index (χ1) is 10.9. The second-order valence-electron chi connectivity index (χ2n) is 5.29. The molecule has 0 heterocycles. The first kappa shape index (κ1) is 16.4. The summed E-state index contributed by atoms with van der Waals surface area (Å²) < 4.78 is 0. The Balaban J connectivity index is 2.04. The Bertz CT molecular complexity index is 764. The molecule has 2 aromatic carbocycles. The zero-order valence-corrected chi connectivity index (χ0v) is 13.3. The molecule has 118 valence electrons. The smallest absolute Gasteiger partial charge is 0.314 e. The van der Waals surface area contributed by atoms with Gasteiger partial charge in [-0.2, -0.15) is 0 Å². The summed E-state index contributed by atoms with van der Waals surface area (Å²) in [5.74, 6) is -1.56. The Labute approximate surface area is 134 Å². The molecule has 0 spiro atoms. The molecule has 0 aliphatic carbocycles. The van der Waals surface area contributed by atoms with Crippen molar-refractivity contribution in [2.24, 2.45) is 0 Å². The number of Topliss-reactive ketones (excluding diaryl/α,β-unsaturated/α-hetero) is 1. The van der Waals surface area contributed by atoms with Crippen LogP contribution in [0, 0.1) is 13.8 Å². The maximum atomic E-state index is 12.0. The minimum atomic E-state index is -0.763. The van der Waals surface area contributed by atoms with Crippen molar-refractivity contribution < 1.29 is 14.4 Å². The molecule has 2 amide bonds. The predicted octanol–water partition coefficient (Wildman–Crippen LogP) is 3.08. The number of carbonyl (C=O) groups is 3. The van der Waals surface area contributed by atoms with Crippen molar-refractivity contribution in [2.45, 2.75) is 20.8 Å². The summed E-state index contributed by atoms with van der Waals surface area (Å²) in [6, 6.07) is 11.9. The number of amides is 2. The molecule has 23 heavy (non-hydrogen) atoms. The minimum absolute atomic E-state index is 0.0597. The molecular weight excluding hydrogens is 292 g/mol. The SMILES string of the molecule is CC(=O)c1ccc(NC(=O)C(=O)Nc2cccc(C)c2C)cc1. The van der Waals surface area contributed by atoms with E-state index in [2.05, 4.69) is 10.6 Å². The van der Waals surface area contributed by atoms with E-state index in [9.17, 15) is 14.4 Å². The highest BCUT2D eigenvalue weighted by atomic mass is 16.2. The van der Waals surface area contributed by atoms with E-state index in [0.29, 0.717) is 16.9 Å². The van der Waals surface area contributed by atoms with Gasteiger partial charge >= 0.3 is 11.8 Å².